The van der Waals surface area contributed by atoms with E-state index in [1.807, 2.05) is 30.3 Å². The van der Waals surface area contributed by atoms with Gasteiger partial charge in [0.1, 0.15) is 23.8 Å². The second-order valence-electron chi connectivity index (χ2n) is 11.6. The maximum Gasteiger partial charge on any atom is 0.214 e. The molecular formula is C34H33N3O3. The van der Waals surface area contributed by atoms with Crippen LogP contribution in [0.15, 0.2) is 76.4 Å². The van der Waals surface area contributed by atoms with E-state index in [0.29, 0.717) is 29.9 Å². The van der Waals surface area contributed by atoms with Crippen molar-refractivity contribution >= 4 is 11.4 Å². The summed E-state index contributed by atoms with van der Waals surface area (Å²) in [6, 6.07) is 16.1. The third kappa shape index (κ3) is 4.55. The topological polar surface area (TPSA) is 73.1 Å². The van der Waals surface area contributed by atoms with Gasteiger partial charge in [-0.2, -0.15) is 0 Å². The van der Waals surface area contributed by atoms with Crippen LogP contribution < -0.4 is 9.47 Å². The molecule has 6 heteroatoms. The number of aryl methyl sites for hydroxylation is 2. The first-order valence-electron chi connectivity index (χ1n) is 14.3. The van der Waals surface area contributed by atoms with Crippen LogP contribution in [0.4, 0.5) is 0 Å². The van der Waals surface area contributed by atoms with Crippen molar-refractivity contribution < 1.29 is 9.47 Å². The number of benzene rings is 2. The molecule has 3 aromatic rings. The Morgan fingerprint density at radius 2 is 1.85 bits per heavy atom. The number of rotatable bonds is 8. The third-order valence-electron chi connectivity index (χ3n) is 8.81. The Morgan fingerprint density at radius 1 is 1.05 bits per heavy atom. The van der Waals surface area contributed by atoms with Gasteiger partial charge in [0.05, 0.1) is 18.0 Å². The lowest BCUT2D eigenvalue weighted by atomic mass is 9.91. The minimum atomic E-state index is 0.201. The summed E-state index contributed by atoms with van der Waals surface area (Å²) >= 11 is 0. The quantitative estimate of drug-likeness (QED) is 0.277. The minimum Gasteiger partial charge on any atom is -0.473 e. The molecular weight excluding hydrogens is 498 g/mol. The largest absolute Gasteiger partial charge is 0.473 e. The maximum atomic E-state index is 11.1. The van der Waals surface area contributed by atoms with Gasteiger partial charge in [-0.3, -0.25) is 4.99 Å². The summed E-state index contributed by atoms with van der Waals surface area (Å²) in [6.45, 7) is 9.32. The molecule has 0 N–H and O–H groups in total. The summed E-state index contributed by atoms with van der Waals surface area (Å²) in [7, 11) is 0. The summed E-state index contributed by atoms with van der Waals surface area (Å²) in [6.07, 6.45) is 5.71. The molecule has 0 unspecified atom stereocenters. The molecule has 7 rings (SSSR count). The van der Waals surface area contributed by atoms with Crippen LogP contribution in [0.1, 0.15) is 65.1 Å². The van der Waals surface area contributed by atoms with Crippen LogP contribution in [0, 0.1) is 30.6 Å². The van der Waals surface area contributed by atoms with Crippen LogP contribution in [-0.2, 0) is 6.42 Å². The summed E-state index contributed by atoms with van der Waals surface area (Å²) in [5.74, 6) is 3.59. The van der Waals surface area contributed by atoms with E-state index in [2.05, 4.69) is 43.8 Å². The van der Waals surface area contributed by atoms with E-state index in [4.69, 9.17) is 19.5 Å². The molecule has 0 bridgehead atoms. The molecule has 2 aliphatic heterocycles. The predicted molar refractivity (Wildman–Crippen MR) is 157 cm³/mol. The van der Waals surface area contributed by atoms with E-state index in [0.717, 1.165) is 41.4 Å². The van der Waals surface area contributed by atoms with Crippen molar-refractivity contribution in [1.29, 1.82) is 0 Å². The van der Waals surface area contributed by atoms with Gasteiger partial charge < -0.3 is 9.47 Å². The first-order valence-corrected chi connectivity index (χ1v) is 14.3. The second-order valence-corrected chi connectivity index (χ2v) is 11.6. The fourth-order valence-corrected chi connectivity index (χ4v) is 6.31. The number of ether oxygens (including phenoxy) is 2. The molecule has 2 fully saturated rings. The average Bonchev–Trinajstić information content (AvgIpc) is 3.89. The zero-order chi connectivity index (χ0) is 27.4. The monoisotopic (exact) mass is 531 g/mol. The molecule has 0 spiro atoms. The molecule has 40 heavy (non-hydrogen) atoms. The Balaban J connectivity index is 1.19. The first kappa shape index (κ1) is 24.9. The fourth-order valence-electron chi connectivity index (χ4n) is 6.31. The number of nitrogens with zero attached hydrogens (tertiary/aromatic N) is 3. The Kier molecular flexibility index (Phi) is 6.14. The molecule has 1 atom stereocenters. The first-order chi connectivity index (χ1) is 19.5. The van der Waals surface area contributed by atoms with Crippen molar-refractivity contribution in [3.8, 4) is 17.4 Å². The van der Waals surface area contributed by atoms with Gasteiger partial charge >= 0.3 is 0 Å². The average molecular weight is 532 g/mol. The molecule has 0 saturated heterocycles. The second kappa shape index (κ2) is 9.84. The van der Waals surface area contributed by atoms with Gasteiger partial charge in [-0.15, -0.1) is 4.91 Å². The van der Waals surface area contributed by atoms with Crippen molar-refractivity contribution in [3.63, 3.8) is 0 Å². The molecule has 4 aliphatic rings. The van der Waals surface area contributed by atoms with Crippen molar-refractivity contribution in [3.05, 3.63) is 105 Å². The Morgan fingerprint density at radius 3 is 2.58 bits per heavy atom. The number of hydrogen-bond donors (Lipinski definition) is 0. The normalized spacial score (nSPS) is 19.8. The molecule has 2 saturated carbocycles. The third-order valence-corrected chi connectivity index (χ3v) is 8.81. The standard InChI is InChI=1S/C34H33N3O3/c1-19-5-4-6-20(2)32(19)34-28(27(17-35-34)23-9-10-23)18-39-31-14-13-29-33(36-31)26(22-7-8-22)15-25-12-11-24(21(3)37-38)16-30(25)40-29/h4-6,11-14,16,22-23,26H,3,7-10,15,17-18H2,1-2H3/t26-/m1/s1. The van der Waals surface area contributed by atoms with Crippen LogP contribution in [0.2, 0.25) is 0 Å². The Labute approximate surface area is 234 Å². The Hall–Kier alpha value is -4.06. The van der Waals surface area contributed by atoms with E-state index in [-0.39, 0.29) is 11.6 Å². The van der Waals surface area contributed by atoms with Gasteiger partial charge in [-0.25, -0.2) is 4.98 Å². The highest BCUT2D eigenvalue weighted by molar-refractivity contribution is 6.16. The van der Waals surface area contributed by atoms with E-state index in [1.165, 1.54) is 53.5 Å². The minimum absolute atomic E-state index is 0.201. The number of hydrogen-bond acceptors (Lipinski definition) is 6. The van der Waals surface area contributed by atoms with Gasteiger partial charge in [0.15, 0.2) is 0 Å². The highest BCUT2D eigenvalue weighted by atomic mass is 16.5. The molecule has 2 aliphatic carbocycles. The molecule has 3 heterocycles. The summed E-state index contributed by atoms with van der Waals surface area (Å²) in [5, 5.41) is 3.01. The molecule has 0 amide bonds. The molecule has 6 nitrogen and oxygen atoms in total. The highest BCUT2D eigenvalue weighted by Crippen LogP contribution is 2.50. The molecule has 1 aromatic heterocycles. The summed E-state index contributed by atoms with van der Waals surface area (Å²) < 4.78 is 12.9. The SMILES string of the molecule is C=C(N=O)c1ccc2c(c1)Oc1ccc(OCC3=C(C4CC4)CN=C3c3c(C)cccc3C)nc1[C@@H](C1CC1)C2. The van der Waals surface area contributed by atoms with Crippen molar-refractivity contribution in [2.45, 2.75) is 51.9 Å². The van der Waals surface area contributed by atoms with Gasteiger partial charge in [-0.05, 0) is 97.4 Å². The molecule has 202 valence electrons. The molecule has 2 aromatic carbocycles. The van der Waals surface area contributed by atoms with Crippen LogP contribution in [0.5, 0.6) is 17.4 Å². The maximum absolute atomic E-state index is 11.1. The Bertz CT molecular complexity index is 1590. The summed E-state index contributed by atoms with van der Waals surface area (Å²) in [5.41, 5.74) is 10.4. The van der Waals surface area contributed by atoms with E-state index < -0.39 is 0 Å². The highest BCUT2D eigenvalue weighted by Gasteiger charge is 2.38. The zero-order valence-corrected chi connectivity index (χ0v) is 23.1. The van der Waals surface area contributed by atoms with Crippen LogP contribution in [0.3, 0.4) is 0 Å². The predicted octanol–water partition coefficient (Wildman–Crippen LogP) is 7.87. The van der Waals surface area contributed by atoms with Gasteiger partial charge in [0, 0.05) is 28.7 Å². The smallest absolute Gasteiger partial charge is 0.214 e. The number of fused-ring (bicyclic) bond motifs is 2. The summed E-state index contributed by atoms with van der Waals surface area (Å²) in [4.78, 5) is 21.1. The van der Waals surface area contributed by atoms with Gasteiger partial charge in [0.2, 0.25) is 5.88 Å². The molecule has 0 radical (unpaired) electrons. The number of aromatic nitrogens is 1. The van der Waals surface area contributed by atoms with E-state index >= 15 is 0 Å². The number of nitroso groups, excluding NO2 is 1. The van der Waals surface area contributed by atoms with Crippen LogP contribution in [0.25, 0.3) is 5.70 Å². The van der Waals surface area contributed by atoms with Crippen molar-refractivity contribution in [2.75, 3.05) is 13.2 Å². The van der Waals surface area contributed by atoms with Crippen molar-refractivity contribution in [1.82, 2.24) is 4.98 Å². The van der Waals surface area contributed by atoms with Crippen LogP contribution >= 0.6 is 0 Å². The van der Waals surface area contributed by atoms with Gasteiger partial charge in [-0.1, -0.05) is 36.9 Å². The van der Waals surface area contributed by atoms with Crippen LogP contribution in [-0.4, -0.2) is 23.8 Å². The lowest BCUT2D eigenvalue weighted by Gasteiger charge is -2.18. The lowest BCUT2D eigenvalue weighted by molar-refractivity contribution is 0.338. The fraction of sp³-hybridized carbons (Fsp3) is 0.353. The van der Waals surface area contributed by atoms with E-state index in [1.54, 1.807) is 0 Å². The number of pyridine rings is 1. The van der Waals surface area contributed by atoms with Crippen molar-refractivity contribution in [2.24, 2.45) is 22.0 Å². The lowest BCUT2D eigenvalue weighted by Crippen LogP contribution is -2.15. The van der Waals surface area contributed by atoms with E-state index in [9.17, 15) is 4.91 Å². The number of aliphatic imine (C=N–C) groups is 1. The zero-order valence-electron chi connectivity index (χ0n) is 23.1. The van der Waals surface area contributed by atoms with Gasteiger partial charge in [0.25, 0.3) is 0 Å².